The number of halogens is 2. The molecule has 1 saturated carbocycles. The highest BCUT2D eigenvalue weighted by Crippen LogP contribution is 2.27. The van der Waals surface area contributed by atoms with E-state index in [1.165, 1.54) is 0 Å². The van der Waals surface area contributed by atoms with Crippen molar-refractivity contribution in [1.29, 1.82) is 0 Å². The zero-order chi connectivity index (χ0) is 13.0. The van der Waals surface area contributed by atoms with E-state index < -0.39 is 5.54 Å². The van der Waals surface area contributed by atoms with Gasteiger partial charge in [-0.2, -0.15) is 0 Å². The molecule has 1 aliphatic rings. The number of amides is 1. The second-order valence-corrected chi connectivity index (χ2v) is 5.90. The lowest BCUT2D eigenvalue weighted by Crippen LogP contribution is -2.52. The van der Waals surface area contributed by atoms with Crippen molar-refractivity contribution in [3.8, 4) is 0 Å². The van der Waals surface area contributed by atoms with Gasteiger partial charge in [0.05, 0.1) is 16.2 Å². The van der Waals surface area contributed by atoms with Gasteiger partial charge in [-0.15, -0.1) is 36.2 Å². The molecular weight excluding hydrogens is 317 g/mol. The lowest BCUT2D eigenvalue weighted by molar-refractivity contribution is -0.126. The molecule has 0 unspecified atom stereocenters. The van der Waals surface area contributed by atoms with Crippen molar-refractivity contribution in [2.45, 2.75) is 51.0 Å². The first kappa shape index (κ1) is 19.6. The van der Waals surface area contributed by atoms with Crippen LogP contribution in [0.5, 0.6) is 0 Å². The van der Waals surface area contributed by atoms with Gasteiger partial charge in [-0.3, -0.25) is 4.79 Å². The lowest BCUT2D eigenvalue weighted by atomic mass is 9.98. The fraction of sp³-hybridized carbons (Fsp3) is 0.692. The van der Waals surface area contributed by atoms with Crippen LogP contribution in [0.1, 0.15) is 43.3 Å². The highest BCUT2D eigenvalue weighted by molar-refractivity contribution is 7.09. The molecule has 20 heavy (non-hydrogen) atoms. The molecule has 3 N–H and O–H groups in total. The molecule has 1 amide bonds. The quantitative estimate of drug-likeness (QED) is 0.865. The molecule has 1 aliphatic carbocycles. The second-order valence-electron chi connectivity index (χ2n) is 4.96. The van der Waals surface area contributed by atoms with Gasteiger partial charge in [-0.25, -0.2) is 4.98 Å². The minimum Gasteiger partial charge on any atom is -0.354 e. The average Bonchev–Trinajstić information content (AvgIpc) is 2.99. The topological polar surface area (TPSA) is 68.0 Å². The molecule has 0 atom stereocenters. The summed E-state index contributed by atoms with van der Waals surface area (Å²) in [6, 6.07) is 0. The molecule has 0 aliphatic heterocycles. The number of aryl methyl sites for hydroxylation is 1. The Morgan fingerprint density at radius 1 is 1.45 bits per heavy atom. The lowest BCUT2D eigenvalue weighted by Gasteiger charge is -2.22. The number of hydrogen-bond donors (Lipinski definition) is 2. The average molecular weight is 340 g/mol. The van der Waals surface area contributed by atoms with Crippen molar-refractivity contribution in [2.75, 3.05) is 6.54 Å². The maximum atomic E-state index is 12.0. The van der Waals surface area contributed by atoms with Crippen molar-refractivity contribution in [1.82, 2.24) is 10.3 Å². The summed E-state index contributed by atoms with van der Waals surface area (Å²) in [5, 5.41) is 6.16. The molecular formula is C13H23Cl2N3OS. The molecule has 116 valence electrons. The van der Waals surface area contributed by atoms with Crippen LogP contribution >= 0.6 is 36.2 Å². The number of aromatic nitrogens is 1. The van der Waals surface area contributed by atoms with Gasteiger partial charge >= 0.3 is 0 Å². The SMILES string of the molecule is CCc1nc(CCNC(=O)C2(N)CCCC2)cs1.Cl.Cl. The van der Waals surface area contributed by atoms with E-state index in [1.807, 2.05) is 0 Å². The summed E-state index contributed by atoms with van der Waals surface area (Å²) >= 11 is 1.68. The smallest absolute Gasteiger partial charge is 0.240 e. The van der Waals surface area contributed by atoms with Crippen LogP contribution in [0.2, 0.25) is 0 Å². The molecule has 1 aromatic heterocycles. The van der Waals surface area contributed by atoms with Gasteiger partial charge in [-0.1, -0.05) is 19.8 Å². The highest BCUT2D eigenvalue weighted by Gasteiger charge is 2.36. The van der Waals surface area contributed by atoms with E-state index in [-0.39, 0.29) is 30.7 Å². The summed E-state index contributed by atoms with van der Waals surface area (Å²) in [5.41, 5.74) is 6.53. The van der Waals surface area contributed by atoms with Crippen LogP contribution in [-0.4, -0.2) is 23.0 Å². The van der Waals surface area contributed by atoms with Crippen molar-refractivity contribution in [3.05, 3.63) is 16.1 Å². The Morgan fingerprint density at radius 2 is 2.10 bits per heavy atom. The fourth-order valence-corrected chi connectivity index (χ4v) is 3.12. The molecule has 0 radical (unpaired) electrons. The van der Waals surface area contributed by atoms with E-state index in [0.29, 0.717) is 6.54 Å². The normalized spacial score (nSPS) is 16.1. The molecule has 7 heteroatoms. The molecule has 1 aromatic rings. The van der Waals surface area contributed by atoms with Gasteiger partial charge in [0.2, 0.25) is 5.91 Å². The minimum absolute atomic E-state index is 0. The summed E-state index contributed by atoms with van der Waals surface area (Å²) in [6.45, 7) is 2.73. The van der Waals surface area contributed by atoms with Crippen LogP contribution in [0.4, 0.5) is 0 Å². The largest absolute Gasteiger partial charge is 0.354 e. The van der Waals surface area contributed by atoms with Crippen molar-refractivity contribution < 1.29 is 4.79 Å². The summed E-state index contributed by atoms with van der Waals surface area (Å²) < 4.78 is 0. The number of rotatable bonds is 5. The molecule has 1 heterocycles. The molecule has 1 fully saturated rings. The first-order valence-corrected chi connectivity index (χ1v) is 7.52. The Labute approximate surface area is 136 Å². The summed E-state index contributed by atoms with van der Waals surface area (Å²) in [6.07, 6.45) is 5.53. The first-order chi connectivity index (χ1) is 8.64. The van der Waals surface area contributed by atoms with E-state index >= 15 is 0 Å². The molecule has 0 aromatic carbocycles. The summed E-state index contributed by atoms with van der Waals surface area (Å²) in [7, 11) is 0. The van der Waals surface area contributed by atoms with Gasteiger partial charge in [-0.05, 0) is 19.3 Å². The third-order valence-corrected chi connectivity index (χ3v) is 4.56. The number of nitrogens with one attached hydrogen (secondary N) is 1. The Morgan fingerprint density at radius 3 is 2.65 bits per heavy atom. The number of thiazole rings is 1. The van der Waals surface area contributed by atoms with Gasteiger partial charge < -0.3 is 11.1 Å². The zero-order valence-corrected chi connectivity index (χ0v) is 14.1. The number of nitrogens with zero attached hydrogens (tertiary/aromatic N) is 1. The van der Waals surface area contributed by atoms with Crippen LogP contribution in [0.15, 0.2) is 5.38 Å². The Hall–Kier alpha value is -0.360. The number of carbonyl (C=O) groups excluding carboxylic acids is 1. The maximum absolute atomic E-state index is 12.0. The third-order valence-electron chi connectivity index (χ3n) is 3.52. The van der Waals surface area contributed by atoms with Crippen LogP contribution in [0.25, 0.3) is 0 Å². The summed E-state index contributed by atoms with van der Waals surface area (Å²) in [5.74, 6) is 0.00550. The summed E-state index contributed by atoms with van der Waals surface area (Å²) in [4.78, 5) is 16.4. The van der Waals surface area contributed by atoms with Gasteiger partial charge in [0, 0.05) is 18.3 Å². The molecule has 2 rings (SSSR count). The van der Waals surface area contributed by atoms with Gasteiger partial charge in [0.15, 0.2) is 0 Å². The first-order valence-electron chi connectivity index (χ1n) is 6.64. The van der Waals surface area contributed by atoms with Crippen LogP contribution in [-0.2, 0) is 17.6 Å². The third kappa shape index (κ3) is 4.88. The molecule has 0 bridgehead atoms. The molecule has 4 nitrogen and oxygen atoms in total. The monoisotopic (exact) mass is 339 g/mol. The Balaban J connectivity index is 0.00000180. The van der Waals surface area contributed by atoms with Gasteiger partial charge in [0.25, 0.3) is 0 Å². The Kier molecular flexibility index (Phi) is 8.66. The van der Waals surface area contributed by atoms with Gasteiger partial charge in [0.1, 0.15) is 0 Å². The van der Waals surface area contributed by atoms with E-state index in [4.69, 9.17) is 5.73 Å². The van der Waals surface area contributed by atoms with Crippen molar-refractivity contribution in [3.63, 3.8) is 0 Å². The van der Waals surface area contributed by atoms with Crippen LogP contribution in [0.3, 0.4) is 0 Å². The maximum Gasteiger partial charge on any atom is 0.240 e. The number of carbonyl (C=O) groups is 1. The Bertz CT molecular complexity index is 420. The van der Waals surface area contributed by atoms with E-state index in [1.54, 1.807) is 11.3 Å². The minimum atomic E-state index is -0.614. The van der Waals surface area contributed by atoms with E-state index in [9.17, 15) is 4.79 Å². The second kappa shape index (κ2) is 8.82. The van der Waals surface area contributed by atoms with Crippen molar-refractivity contribution >= 4 is 42.1 Å². The van der Waals surface area contributed by atoms with Crippen LogP contribution < -0.4 is 11.1 Å². The molecule has 0 saturated heterocycles. The number of nitrogens with two attached hydrogens (primary N) is 1. The zero-order valence-electron chi connectivity index (χ0n) is 11.7. The predicted molar refractivity (Wildman–Crippen MR) is 88.1 cm³/mol. The standard InChI is InChI=1S/C13H21N3OS.2ClH/c1-2-11-16-10(9-18-11)5-8-15-12(17)13(14)6-3-4-7-13;;/h9H,2-8,14H2,1H3,(H,15,17);2*1H. The number of hydrogen-bond acceptors (Lipinski definition) is 4. The predicted octanol–water partition coefficient (Wildman–Crippen LogP) is 2.48. The van der Waals surface area contributed by atoms with E-state index in [0.717, 1.165) is 49.2 Å². The molecule has 0 spiro atoms. The fourth-order valence-electron chi connectivity index (χ4n) is 2.34. The van der Waals surface area contributed by atoms with Crippen LogP contribution in [0, 0.1) is 0 Å². The van der Waals surface area contributed by atoms with Crippen molar-refractivity contribution in [2.24, 2.45) is 5.73 Å². The highest BCUT2D eigenvalue weighted by atomic mass is 35.5. The van der Waals surface area contributed by atoms with E-state index in [2.05, 4.69) is 22.6 Å².